The highest BCUT2D eigenvalue weighted by Gasteiger charge is 2.16. The Bertz CT molecular complexity index is 898. The topological polar surface area (TPSA) is 50.3 Å². The van der Waals surface area contributed by atoms with Gasteiger partial charge in [0.1, 0.15) is 17.5 Å². The van der Waals surface area contributed by atoms with Crippen molar-refractivity contribution in [2.75, 3.05) is 36.5 Å². The Morgan fingerprint density at radius 2 is 1.70 bits per heavy atom. The third-order valence-corrected chi connectivity index (χ3v) is 4.50. The van der Waals surface area contributed by atoms with Crippen LogP contribution in [0.3, 0.4) is 0 Å². The molecule has 0 radical (unpaired) electrons. The maximum absolute atomic E-state index is 13.9. The van der Waals surface area contributed by atoms with Crippen LogP contribution in [-0.4, -0.2) is 36.3 Å². The van der Waals surface area contributed by atoms with Gasteiger partial charge in [0.25, 0.3) is 0 Å². The molecule has 0 unspecified atom stereocenters. The van der Waals surface area contributed by atoms with Gasteiger partial charge >= 0.3 is 0 Å². The first-order valence-electron chi connectivity index (χ1n) is 9.04. The number of hydrogen-bond donors (Lipinski definition) is 1. The molecule has 0 spiro atoms. The molecule has 1 saturated heterocycles. The van der Waals surface area contributed by atoms with Gasteiger partial charge in [-0.15, -0.1) is 0 Å². The lowest BCUT2D eigenvalue weighted by Gasteiger charge is -2.28. The van der Waals surface area contributed by atoms with Crippen LogP contribution < -0.4 is 10.2 Å². The van der Waals surface area contributed by atoms with E-state index in [2.05, 4.69) is 15.2 Å². The van der Waals surface area contributed by atoms with E-state index >= 15 is 0 Å². The van der Waals surface area contributed by atoms with E-state index < -0.39 is 0 Å². The van der Waals surface area contributed by atoms with E-state index in [-0.39, 0.29) is 5.82 Å². The predicted octanol–water partition coefficient (Wildman–Crippen LogP) is 3.73. The smallest absolute Gasteiger partial charge is 0.163 e. The molecule has 1 aliphatic heterocycles. The Balaban J connectivity index is 1.64. The van der Waals surface area contributed by atoms with E-state index in [1.54, 1.807) is 12.1 Å². The van der Waals surface area contributed by atoms with Gasteiger partial charge in [0, 0.05) is 36.8 Å². The van der Waals surface area contributed by atoms with Gasteiger partial charge in [-0.25, -0.2) is 14.4 Å². The lowest BCUT2D eigenvalue weighted by Crippen LogP contribution is -2.36. The van der Waals surface area contributed by atoms with E-state index in [9.17, 15) is 4.39 Å². The zero-order valence-electron chi connectivity index (χ0n) is 14.9. The van der Waals surface area contributed by atoms with E-state index in [0.717, 1.165) is 24.5 Å². The zero-order chi connectivity index (χ0) is 18.5. The highest BCUT2D eigenvalue weighted by atomic mass is 19.1. The van der Waals surface area contributed by atoms with E-state index in [1.807, 2.05) is 42.5 Å². The van der Waals surface area contributed by atoms with Crippen molar-refractivity contribution in [2.45, 2.75) is 6.54 Å². The summed E-state index contributed by atoms with van der Waals surface area (Å²) in [5, 5.41) is 3.24. The minimum absolute atomic E-state index is 0.226. The lowest BCUT2D eigenvalue weighted by molar-refractivity contribution is 0.122. The molecule has 4 rings (SSSR count). The second-order valence-corrected chi connectivity index (χ2v) is 6.35. The molecular formula is C21H21FN4O. The van der Waals surface area contributed by atoms with Crippen LogP contribution in [0.1, 0.15) is 5.56 Å². The summed E-state index contributed by atoms with van der Waals surface area (Å²) < 4.78 is 19.4. The molecule has 0 saturated carbocycles. The van der Waals surface area contributed by atoms with Crippen LogP contribution in [0.25, 0.3) is 11.4 Å². The first kappa shape index (κ1) is 17.4. The van der Waals surface area contributed by atoms with Crippen LogP contribution in [0.5, 0.6) is 0 Å². The van der Waals surface area contributed by atoms with Crippen LogP contribution in [0.4, 0.5) is 16.0 Å². The Kier molecular flexibility index (Phi) is 5.25. The molecule has 0 aliphatic carbocycles. The van der Waals surface area contributed by atoms with Gasteiger partial charge in [-0.2, -0.15) is 0 Å². The fourth-order valence-corrected chi connectivity index (χ4v) is 3.02. The molecule has 5 nitrogen and oxygen atoms in total. The van der Waals surface area contributed by atoms with Crippen LogP contribution in [0, 0.1) is 5.82 Å². The quantitative estimate of drug-likeness (QED) is 0.748. The molecular weight excluding hydrogens is 343 g/mol. The van der Waals surface area contributed by atoms with Crippen LogP contribution in [0.15, 0.2) is 60.7 Å². The zero-order valence-corrected chi connectivity index (χ0v) is 14.9. The molecule has 2 heterocycles. The standard InChI is InChI=1S/C21H21FN4O/c22-18-9-5-4-8-17(18)15-23-19-14-20(26-10-12-27-13-11-26)25-21(24-19)16-6-2-1-3-7-16/h1-9,14H,10-13,15H2,(H,23,24,25). The van der Waals surface area contributed by atoms with Gasteiger partial charge in [-0.1, -0.05) is 48.5 Å². The summed E-state index contributed by atoms with van der Waals surface area (Å²) in [5.74, 6) is 1.95. The fourth-order valence-electron chi connectivity index (χ4n) is 3.02. The maximum Gasteiger partial charge on any atom is 0.163 e. The molecule has 6 heteroatoms. The lowest BCUT2D eigenvalue weighted by atomic mass is 10.2. The normalized spacial score (nSPS) is 14.2. The molecule has 0 atom stereocenters. The number of benzene rings is 2. The average molecular weight is 364 g/mol. The van der Waals surface area contributed by atoms with Crippen molar-refractivity contribution in [2.24, 2.45) is 0 Å². The Labute approximate surface area is 157 Å². The molecule has 3 aromatic rings. The van der Waals surface area contributed by atoms with Crippen molar-refractivity contribution in [3.63, 3.8) is 0 Å². The van der Waals surface area contributed by atoms with Gasteiger partial charge in [0.05, 0.1) is 13.2 Å². The molecule has 0 amide bonds. The number of morpholine rings is 1. The number of aromatic nitrogens is 2. The molecule has 0 bridgehead atoms. The summed E-state index contributed by atoms with van der Waals surface area (Å²) in [6.45, 7) is 3.31. The molecule has 1 aliphatic rings. The van der Waals surface area contributed by atoms with Gasteiger partial charge in [-0.3, -0.25) is 0 Å². The molecule has 2 aromatic carbocycles. The summed E-state index contributed by atoms with van der Waals surface area (Å²) in [7, 11) is 0. The van der Waals surface area contributed by atoms with Crippen molar-refractivity contribution in [3.05, 3.63) is 72.0 Å². The number of rotatable bonds is 5. The number of nitrogens with one attached hydrogen (secondary N) is 1. The molecule has 1 N–H and O–H groups in total. The van der Waals surface area contributed by atoms with E-state index in [1.165, 1.54) is 6.07 Å². The molecule has 138 valence electrons. The number of anilines is 2. The Hall–Kier alpha value is -2.99. The van der Waals surface area contributed by atoms with Crippen LogP contribution >= 0.6 is 0 Å². The summed E-state index contributed by atoms with van der Waals surface area (Å²) in [5.41, 5.74) is 1.55. The van der Waals surface area contributed by atoms with Gasteiger partial charge in [-0.05, 0) is 6.07 Å². The Morgan fingerprint density at radius 1 is 0.963 bits per heavy atom. The third-order valence-electron chi connectivity index (χ3n) is 4.50. The van der Waals surface area contributed by atoms with Crippen molar-refractivity contribution in [3.8, 4) is 11.4 Å². The molecule has 1 fully saturated rings. The minimum Gasteiger partial charge on any atom is -0.378 e. The number of ether oxygens (including phenoxy) is 1. The summed E-state index contributed by atoms with van der Waals surface area (Å²) in [4.78, 5) is 11.6. The summed E-state index contributed by atoms with van der Waals surface area (Å²) >= 11 is 0. The molecule has 1 aromatic heterocycles. The van der Waals surface area contributed by atoms with Crippen molar-refractivity contribution in [1.82, 2.24) is 9.97 Å². The van der Waals surface area contributed by atoms with Gasteiger partial charge in [0.15, 0.2) is 5.82 Å². The summed E-state index contributed by atoms with van der Waals surface area (Å²) in [6.07, 6.45) is 0. The largest absolute Gasteiger partial charge is 0.378 e. The molecule has 27 heavy (non-hydrogen) atoms. The van der Waals surface area contributed by atoms with Crippen molar-refractivity contribution in [1.29, 1.82) is 0 Å². The van der Waals surface area contributed by atoms with Crippen LogP contribution in [0.2, 0.25) is 0 Å². The van der Waals surface area contributed by atoms with Crippen molar-refractivity contribution < 1.29 is 9.13 Å². The predicted molar refractivity (Wildman–Crippen MR) is 104 cm³/mol. The SMILES string of the molecule is Fc1ccccc1CNc1cc(N2CCOCC2)nc(-c2ccccc2)n1. The average Bonchev–Trinajstić information content (AvgIpc) is 2.74. The van der Waals surface area contributed by atoms with Crippen molar-refractivity contribution >= 4 is 11.6 Å². The highest BCUT2D eigenvalue weighted by Crippen LogP contribution is 2.23. The summed E-state index contributed by atoms with van der Waals surface area (Å²) in [6, 6.07) is 18.5. The third kappa shape index (κ3) is 4.23. The number of nitrogens with zero attached hydrogens (tertiary/aromatic N) is 3. The minimum atomic E-state index is -0.226. The van der Waals surface area contributed by atoms with Gasteiger partial charge in [0.2, 0.25) is 0 Å². The highest BCUT2D eigenvalue weighted by molar-refractivity contribution is 5.62. The second kappa shape index (κ2) is 8.14. The number of halogens is 1. The van der Waals surface area contributed by atoms with E-state index in [0.29, 0.717) is 37.0 Å². The Morgan fingerprint density at radius 3 is 2.48 bits per heavy atom. The first-order chi connectivity index (χ1) is 13.3. The monoisotopic (exact) mass is 364 g/mol. The van der Waals surface area contributed by atoms with E-state index in [4.69, 9.17) is 9.72 Å². The fraction of sp³-hybridized carbons (Fsp3) is 0.238. The van der Waals surface area contributed by atoms with Crippen LogP contribution in [-0.2, 0) is 11.3 Å². The van der Waals surface area contributed by atoms with Gasteiger partial charge < -0.3 is 15.0 Å². The second-order valence-electron chi connectivity index (χ2n) is 6.35. The number of hydrogen-bond acceptors (Lipinski definition) is 5. The maximum atomic E-state index is 13.9. The first-order valence-corrected chi connectivity index (χ1v) is 9.04.